The zero-order valence-corrected chi connectivity index (χ0v) is 17.7. The molecule has 29 heavy (non-hydrogen) atoms. The highest BCUT2D eigenvalue weighted by molar-refractivity contribution is 8.13. The van der Waals surface area contributed by atoms with Gasteiger partial charge in [-0.05, 0) is 23.8 Å². The monoisotopic (exact) mass is 436 g/mol. The molecule has 0 aliphatic carbocycles. The summed E-state index contributed by atoms with van der Waals surface area (Å²) in [6, 6.07) is 11.3. The minimum absolute atomic E-state index is 0.0181. The number of halogens is 1. The maximum absolute atomic E-state index is 14.1. The number of thioether (sulfide) groups is 1. The molecule has 2 atom stereocenters. The molecular formula is C20H21FN2O4S2. The number of nitrogens with zero attached hydrogens (tertiary/aromatic N) is 2. The Hall–Kier alpha value is -2.26. The van der Waals surface area contributed by atoms with Crippen LogP contribution in [0.4, 0.5) is 10.1 Å². The van der Waals surface area contributed by atoms with Crippen LogP contribution >= 0.6 is 11.8 Å². The Bertz CT molecular complexity index is 1060. The predicted molar refractivity (Wildman–Crippen MR) is 113 cm³/mol. The molecule has 1 fully saturated rings. The van der Waals surface area contributed by atoms with Gasteiger partial charge in [0.25, 0.3) is 0 Å². The van der Waals surface area contributed by atoms with E-state index in [-0.39, 0.29) is 29.4 Å². The number of aliphatic imine (C=N–C) groups is 1. The van der Waals surface area contributed by atoms with Gasteiger partial charge < -0.3 is 14.4 Å². The summed E-state index contributed by atoms with van der Waals surface area (Å²) in [5, 5.41) is 0.657. The lowest BCUT2D eigenvalue weighted by Gasteiger charge is -2.28. The van der Waals surface area contributed by atoms with E-state index in [2.05, 4.69) is 4.99 Å². The summed E-state index contributed by atoms with van der Waals surface area (Å²) in [6.07, 6.45) is 0. The van der Waals surface area contributed by atoms with Gasteiger partial charge in [0.1, 0.15) is 17.3 Å². The highest BCUT2D eigenvalue weighted by Gasteiger charge is 2.47. The van der Waals surface area contributed by atoms with Crippen LogP contribution in [-0.2, 0) is 15.6 Å². The average Bonchev–Trinajstić information content (AvgIpc) is 3.17. The molecular weight excluding hydrogens is 415 g/mol. The molecule has 0 aromatic heterocycles. The van der Waals surface area contributed by atoms with Crippen LogP contribution in [0.3, 0.4) is 0 Å². The first-order valence-electron chi connectivity index (χ1n) is 9.07. The molecule has 6 nitrogen and oxygen atoms in total. The number of hydrogen-bond donors (Lipinski definition) is 0. The zero-order chi connectivity index (χ0) is 20.6. The molecule has 0 amide bonds. The average molecular weight is 437 g/mol. The Morgan fingerprint density at radius 1 is 1.17 bits per heavy atom. The Morgan fingerprint density at radius 2 is 1.97 bits per heavy atom. The number of methoxy groups -OCH3 is 2. The van der Waals surface area contributed by atoms with Crippen molar-refractivity contribution in [1.29, 1.82) is 0 Å². The topological polar surface area (TPSA) is 68.2 Å². The fourth-order valence-electron chi connectivity index (χ4n) is 3.66. The van der Waals surface area contributed by atoms with E-state index in [1.165, 1.54) is 17.8 Å². The van der Waals surface area contributed by atoms with Crippen LogP contribution in [0, 0.1) is 5.82 Å². The van der Waals surface area contributed by atoms with Crippen molar-refractivity contribution in [3.05, 3.63) is 53.8 Å². The van der Waals surface area contributed by atoms with Crippen molar-refractivity contribution in [3.63, 3.8) is 0 Å². The van der Waals surface area contributed by atoms with E-state index in [1.807, 2.05) is 11.0 Å². The summed E-state index contributed by atoms with van der Waals surface area (Å²) in [6.45, 7) is 0. The van der Waals surface area contributed by atoms with Gasteiger partial charge >= 0.3 is 0 Å². The van der Waals surface area contributed by atoms with Crippen molar-refractivity contribution in [2.24, 2.45) is 4.99 Å². The van der Waals surface area contributed by atoms with Gasteiger partial charge in [-0.15, -0.1) is 0 Å². The molecule has 9 heteroatoms. The van der Waals surface area contributed by atoms with Crippen molar-refractivity contribution in [2.45, 2.75) is 17.8 Å². The van der Waals surface area contributed by atoms with Crippen LogP contribution in [0.5, 0.6) is 11.5 Å². The molecule has 2 aliphatic rings. The lowest BCUT2D eigenvalue weighted by molar-refractivity contribution is 0.403. The summed E-state index contributed by atoms with van der Waals surface area (Å²) in [5.74, 6) is 1.38. The van der Waals surface area contributed by atoms with E-state index in [1.54, 1.807) is 44.6 Å². The van der Waals surface area contributed by atoms with Crippen molar-refractivity contribution >= 4 is 32.5 Å². The number of rotatable bonds is 5. The van der Waals surface area contributed by atoms with Crippen LogP contribution in [-0.4, -0.2) is 51.4 Å². The molecule has 2 heterocycles. The van der Waals surface area contributed by atoms with Crippen LogP contribution < -0.4 is 14.4 Å². The van der Waals surface area contributed by atoms with Crippen molar-refractivity contribution < 1.29 is 22.3 Å². The quantitative estimate of drug-likeness (QED) is 0.718. The van der Waals surface area contributed by atoms with Crippen molar-refractivity contribution in [3.8, 4) is 11.5 Å². The van der Waals surface area contributed by atoms with Gasteiger partial charge in [0.2, 0.25) is 0 Å². The number of benzene rings is 2. The summed E-state index contributed by atoms with van der Waals surface area (Å²) >= 11 is 1.39. The van der Waals surface area contributed by atoms with Gasteiger partial charge in [-0.1, -0.05) is 30.0 Å². The van der Waals surface area contributed by atoms with E-state index >= 15 is 0 Å². The largest absolute Gasteiger partial charge is 0.497 e. The molecule has 4 rings (SSSR count). The smallest absolute Gasteiger partial charge is 0.164 e. The first-order chi connectivity index (χ1) is 13.9. The Morgan fingerprint density at radius 3 is 2.69 bits per heavy atom. The standard InChI is InChI=1S/C20H21FN2O4S2/c1-26-14-7-8-19(27-2)17(9-14)23-18-12-29(24,25)11-16(18)22-20(23)28-10-13-5-3-4-6-15(13)21/h3-9,16,18H,10-12H2,1-2H3/t16-,18+/m1/s1. The predicted octanol–water partition coefficient (Wildman–Crippen LogP) is 3.12. The lowest BCUT2D eigenvalue weighted by atomic mass is 10.1. The second-order valence-electron chi connectivity index (χ2n) is 6.91. The zero-order valence-electron chi connectivity index (χ0n) is 16.0. The van der Waals surface area contributed by atoms with Gasteiger partial charge in [-0.2, -0.15) is 0 Å². The maximum Gasteiger partial charge on any atom is 0.164 e. The van der Waals surface area contributed by atoms with Gasteiger partial charge in [-0.3, -0.25) is 4.99 Å². The first kappa shape index (κ1) is 20.0. The summed E-state index contributed by atoms with van der Waals surface area (Å²) in [4.78, 5) is 6.59. The molecule has 0 bridgehead atoms. The van der Waals surface area contributed by atoms with E-state index in [9.17, 15) is 12.8 Å². The summed E-state index contributed by atoms with van der Waals surface area (Å²) in [7, 11) is -0.0362. The molecule has 2 aromatic carbocycles. The minimum atomic E-state index is -3.17. The molecule has 0 spiro atoms. The van der Waals surface area contributed by atoms with E-state index in [4.69, 9.17) is 9.47 Å². The fourth-order valence-corrected chi connectivity index (χ4v) is 6.60. The normalized spacial score (nSPS) is 22.3. The van der Waals surface area contributed by atoms with Crippen LogP contribution in [0.25, 0.3) is 0 Å². The number of amidine groups is 1. The van der Waals surface area contributed by atoms with Crippen LogP contribution in [0.15, 0.2) is 47.5 Å². The van der Waals surface area contributed by atoms with Gasteiger partial charge in [0.05, 0.1) is 43.5 Å². The maximum atomic E-state index is 14.1. The van der Waals surface area contributed by atoms with Gasteiger partial charge in [-0.25, -0.2) is 12.8 Å². The van der Waals surface area contributed by atoms with Gasteiger partial charge in [0.15, 0.2) is 15.0 Å². The minimum Gasteiger partial charge on any atom is -0.497 e. The van der Waals surface area contributed by atoms with Crippen molar-refractivity contribution in [2.75, 3.05) is 30.6 Å². The third kappa shape index (κ3) is 3.93. The molecule has 0 N–H and O–H groups in total. The molecule has 154 valence electrons. The molecule has 2 aliphatic heterocycles. The van der Waals surface area contributed by atoms with E-state index in [0.717, 1.165) is 0 Å². The second kappa shape index (κ2) is 7.87. The third-order valence-electron chi connectivity index (χ3n) is 5.07. The third-order valence-corrected chi connectivity index (χ3v) is 7.78. The molecule has 0 radical (unpaired) electrons. The Kier molecular flexibility index (Phi) is 5.44. The second-order valence-corrected chi connectivity index (χ2v) is 10.0. The van der Waals surface area contributed by atoms with Gasteiger partial charge in [0, 0.05) is 11.8 Å². The SMILES string of the molecule is COc1ccc(OC)c(N2C(SCc3ccccc3F)=N[C@@H]3CS(=O)(=O)C[C@@H]32)c1. The number of ether oxygens (including phenoxy) is 2. The number of fused-ring (bicyclic) bond motifs is 1. The fraction of sp³-hybridized carbons (Fsp3) is 0.350. The lowest BCUT2D eigenvalue weighted by Crippen LogP contribution is -2.39. The highest BCUT2D eigenvalue weighted by atomic mass is 32.2. The summed E-state index contributed by atoms with van der Waals surface area (Å²) in [5.41, 5.74) is 1.26. The number of hydrogen-bond acceptors (Lipinski definition) is 7. The highest BCUT2D eigenvalue weighted by Crippen LogP contribution is 2.41. The first-order valence-corrected chi connectivity index (χ1v) is 11.9. The Balaban J connectivity index is 1.70. The molecule has 2 aromatic rings. The van der Waals surface area contributed by atoms with Crippen molar-refractivity contribution in [1.82, 2.24) is 0 Å². The summed E-state index contributed by atoms with van der Waals surface area (Å²) < 4.78 is 49.4. The Labute approximate surface area is 173 Å². The molecule has 1 saturated heterocycles. The number of anilines is 1. The van der Waals surface area contributed by atoms with E-state index < -0.39 is 9.84 Å². The van der Waals surface area contributed by atoms with Crippen LogP contribution in [0.2, 0.25) is 0 Å². The number of sulfone groups is 1. The molecule has 0 unspecified atom stereocenters. The molecule has 0 saturated carbocycles. The van der Waals surface area contributed by atoms with E-state index in [0.29, 0.717) is 33.7 Å². The van der Waals surface area contributed by atoms with Crippen LogP contribution in [0.1, 0.15) is 5.56 Å².